The molecule has 1 aromatic carbocycles. The van der Waals surface area contributed by atoms with Crippen molar-refractivity contribution in [3.8, 4) is 0 Å². The molecule has 0 spiro atoms. The van der Waals surface area contributed by atoms with Crippen LogP contribution >= 0.6 is 11.3 Å². The quantitative estimate of drug-likeness (QED) is 0.316. The number of morpholine rings is 1. The van der Waals surface area contributed by atoms with E-state index in [2.05, 4.69) is 31.6 Å². The molecular formula is C30H35N8O3S+. The molecule has 42 heavy (non-hydrogen) atoms. The van der Waals surface area contributed by atoms with Crippen LogP contribution in [0.4, 0.5) is 17.5 Å². The topological polar surface area (TPSA) is 130 Å². The molecule has 2 fully saturated rings. The number of hydrogen-bond acceptors (Lipinski definition) is 8. The molecule has 4 N–H and O–H groups in total. The molecule has 12 heteroatoms. The molecule has 2 amide bonds. The van der Waals surface area contributed by atoms with Crippen LogP contribution in [0.5, 0.6) is 0 Å². The van der Waals surface area contributed by atoms with Crippen LogP contribution in [0.3, 0.4) is 0 Å². The first-order valence-corrected chi connectivity index (χ1v) is 15.6. The number of anilines is 3. The van der Waals surface area contributed by atoms with Gasteiger partial charge in [-0.25, -0.2) is 4.98 Å². The number of nitrogens with zero attached hydrogens (tertiary/aromatic N) is 4. The largest absolute Gasteiger partial charge is 0.378 e. The molecule has 2 saturated heterocycles. The molecule has 1 unspecified atom stereocenters. The minimum atomic E-state index is 0.0148. The zero-order chi connectivity index (χ0) is 28.5. The van der Waals surface area contributed by atoms with Gasteiger partial charge in [-0.05, 0) is 74.4 Å². The van der Waals surface area contributed by atoms with Crippen molar-refractivity contribution in [3.05, 3.63) is 57.5 Å². The molecule has 0 bridgehead atoms. The van der Waals surface area contributed by atoms with Crippen LogP contribution in [-0.4, -0.2) is 77.1 Å². The zero-order valence-electron chi connectivity index (χ0n) is 23.4. The Balaban J connectivity index is 1.05. The highest BCUT2D eigenvalue weighted by Gasteiger charge is 2.28. The molecule has 2 aliphatic heterocycles. The Morgan fingerprint density at radius 1 is 1.05 bits per heavy atom. The number of H-pyrrole nitrogens is 2. The number of ether oxygens (including phenoxy) is 1. The molecule has 0 saturated carbocycles. The number of nitrogens with one attached hydrogen (secondary N) is 4. The van der Waals surface area contributed by atoms with Gasteiger partial charge in [-0.2, -0.15) is 4.98 Å². The maximum absolute atomic E-state index is 13.1. The summed E-state index contributed by atoms with van der Waals surface area (Å²) >= 11 is 1.65. The Labute approximate surface area is 247 Å². The van der Waals surface area contributed by atoms with E-state index in [1.165, 1.54) is 23.3 Å². The Hall–Kier alpha value is -4.03. The van der Waals surface area contributed by atoms with Gasteiger partial charge in [-0.1, -0.05) is 4.98 Å². The van der Waals surface area contributed by atoms with E-state index in [-0.39, 0.29) is 17.9 Å². The van der Waals surface area contributed by atoms with E-state index in [0.29, 0.717) is 55.8 Å². The van der Waals surface area contributed by atoms with Crippen molar-refractivity contribution >= 4 is 51.8 Å². The third-order valence-corrected chi connectivity index (χ3v) is 9.51. The maximum Gasteiger partial charge on any atom is 0.307 e. The van der Waals surface area contributed by atoms with Crippen LogP contribution in [0.1, 0.15) is 56.2 Å². The number of amides is 2. The Morgan fingerprint density at radius 3 is 2.71 bits per heavy atom. The zero-order valence-corrected chi connectivity index (χ0v) is 24.3. The van der Waals surface area contributed by atoms with Crippen LogP contribution in [0, 0.1) is 0 Å². The molecule has 0 radical (unpaired) electrons. The predicted molar refractivity (Wildman–Crippen MR) is 161 cm³/mol. The van der Waals surface area contributed by atoms with E-state index in [1.54, 1.807) is 17.7 Å². The molecule has 5 heterocycles. The molecule has 218 valence electrons. The van der Waals surface area contributed by atoms with Gasteiger partial charge in [-0.3, -0.25) is 14.6 Å². The summed E-state index contributed by atoms with van der Waals surface area (Å²) in [5.41, 5.74) is 4.27. The summed E-state index contributed by atoms with van der Waals surface area (Å²) in [7, 11) is 0. The first-order chi connectivity index (χ1) is 20.6. The highest BCUT2D eigenvalue weighted by atomic mass is 32.1. The fraction of sp³-hybridized carbons (Fsp3) is 0.433. The smallest absolute Gasteiger partial charge is 0.307 e. The molecule has 4 aromatic rings. The van der Waals surface area contributed by atoms with Gasteiger partial charge in [0, 0.05) is 48.3 Å². The fourth-order valence-corrected chi connectivity index (χ4v) is 7.17. The number of hydrogen-bond donors (Lipinski definition) is 3. The third kappa shape index (κ3) is 5.56. The van der Waals surface area contributed by atoms with Crippen LogP contribution in [0.2, 0.25) is 0 Å². The lowest BCUT2D eigenvalue weighted by molar-refractivity contribution is -0.347. The van der Waals surface area contributed by atoms with Gasteiger partial charge in [-0.15, -0.1) is 11.3 Å². The van der Waals surface area contributed by atoms with E-state index in [4.69, 9.17) is 14.7 Å². The highest BCUT2D eigenvalue weighted by molar-refractivity contribution is 7.14. The molecule has 7 rings (SSSR count). The van der Waals surface area contributed by atoms with Gasteiger partial charge in [0.25, 0.3) is 11.8 Å². The average molecular weight is 588 g/mol. The van der Waals surface area contributed by atoms with Crippen molar-refractivity contribution in [2.24, 2.45) is 0 Å². The van der Waals surface area contributed by atoms with Gasteiger partial charge in [0.2, 0.25) is 5.52 Å². The van der Waals surface area contributed by atoms with Crippen LogP contribution in [0.15, 0.2) is 36.7 Å². The number of imidazole rings is 1. The number of fused-ring (bicyclic) bond motifs is 2. The first-order valence-electron chi connectivity index (χ1n) is 14.8. The Bertz CT molecular complexity index is 1570. The van der Waals surface area contributed by atoms with Crippen molar-refractivity contribution in [2.75, 3.05) is 49.6 Å². The number of carbonyl (C=O) groups is 2. The minimum Gasteiger partial charge on any atom is -0.378 e. The standard InChI is InChI=1S/C30H34N8O3S/c39-28(24-16-20-4-1-2-6-23(20)42-24)34-22-5-3-11-38(17-22)30-35-26-25(31-18-32-26)27(36-30)33-21-9-7-19(8-10-21)29(40)37-12-14-41-15-13-37/h7-10,16,18,22H,1-6,11-15,17H2,(H,34,39)(H2,31,32,33,35,36)/p+1. The minimum absolute atomic E-state index is 0.0148. The van der Waals surface area contributed by atoms with Crippen LogP contribution in [-0.2, 0) is 17.6 Å². The van der Waals surface area contributed by atoms with E-state index in [0.717, 1.165) is 48.3 Å². The van der Waals surface area contributed by atoms with Crippen molar-refractivity contribution in [1.29, 1.82) is 0 Å². The summed E-state index contributed by atoms with van der Waals surface area (Å²) in [6, 6.07) is 9.57. The molecule has 3 aromatic heterocycles. The SMILES string of the molecule is O=C(NC1CCCN(c2nc(Nc3ccc(C(=O)N4CCOCC4)cc3)c3[nH]c[nH+]c3n2)C1)c1cc2c(s1)CCCC2. The van der Waals surface area contributed by atoms with Crippen molar-refractivity contribution < 1.29 is 19.3 Å². The summed E-state index contributed by atoms with van der Waals surface area (Å²) < 4.78 is 5.37. The lowest BCUT2D eigenvalue weighted by atomic mass is 9.99. The summed E-state index contributed by atoms with van der Waals surface area (Å²) in [5, 5.41) is 6.68. The predicted octanol–water partition coefficient (Wildman–Crippen LogP) is 3.33. The Kier molecular flexibility index (Phi) is 7.47. The third-order valence-electron chi connectivity index (χ3n) is 8.28. The number of thiophene rings is 1. The Morgan fingerprint density at radius 2 is 1.88 bits per heavy atom. The highest BCUT2D eigenvalue weighted by Crippen LogP contribution is 2.30. The number of aromatic amines is 2. The van der Waals surface area contributed by atoms with Crippen LogP contribution < -0.4 is 20.5 Å². The second-order valence-corrected chi connectivity index (χ2v) is 12.3. The van der Waals surface area contributed by atoms with Gasteiger partial charge in [0.1, 0.15) is 0 Å². The summed E-state index contributed by atoms with van der Waals surface area (Å²) in [6.07, 6.45) is 8.19. The summed E-state index contributed by atoms with van der Waals surface area (Å²) in [5.74, 6) is 1.28. The lowest BCUT2D eigenvalue weighted by Crippen LogP contribution is -2.48. The summed E-state index contributed by atoms with van der Waals surface area (Å²) in [6.45, 7) is 3.83. The number of aromatic nitrogens is 4. The maximum atomic E-state index is 13.1. The fourth-order valence-electron chi connectivity index (χ4n) is 6.02. The molecule has 1 aliphatic carbocycles. The van der Waals surface area contributed by atoms with Gasteiger partial charge in [0.05, 0.1) is 18.1 Å². The monoisotopic (exact) mass is 587 g/mol. The van der Waals surface area contributed by atoms with Crippen molar-refractivity contribution in [3.63, 3.8) is 0 Å². The molecule has 3 aliphatic rings. The number of rotatable bonds is 6. The summed E-state index contributed by atoms with van der Waals surface area (Å²) in [4.78, 5) is 48.2. The number of aryl methyl sites for hydroxylation is 2. The van der Waals surface area contributed by atoms with E-state index in [1.807, 2.05) is 29.2 Å². The number of benzene rings is 1. The van der Waals surface area contributed by atoms with Crippen molar-refractivity contribution in [2.45, 2.75) is 44.6 Å². The molecular weight excluding hydrogens is 552 g/mol. The van der Waals surface area contributed by atoms with Gasteiger partial charge in [0.15, 0.2) is 12.1 Å². The number of piperidine rings is 1. The number of carbonyl (C=O) groups excluding carboxylic acids is 2. The van der Waals surface area contributed by atoms with E-state index < -0.39 is 0 Å². The van der Waals surface area contributed by atoms with Gasteiger partial charge >= 0.3 is 11.6 Å². The average Bonchev–Trinajstić information content (AvgIpc) is 3.69. The van der Waals surface area contributed by atoms with E-state index in [9.17, 15) is 9.59 Å². The molecule has 11 nitrogen and oxygen atoms in total. The van der Waals surface area contributed by atoms with Crippen molar-refractivity contribution in [1.82, 2.24) is 25.2 Å². The molecule has 1 atom stereocenters. The lowest BCUT2D eigenvalue weighted by Gasteiger charge is -2.32. The second-order valence-electron chi connectivity index (χ2n) is 11.2. The van der Waals surface area contributed by atoms with Gasteiger partial charge < -0.3 is 25.2 Å². The normalized spacial score (nSPS) is 19.0. The first kappa shape index (κ1) is 26.8. The van der Waals surface area contributed by atoms with E-state index >= 15 is 0 Å². The second kappa shape index (κ2) is 11.7. The van der Waals surface area contributed by atoms with Crippen LogP contribution in [0.25, 0.3) is 11.2 Å².